The lowest BCUT2D eigenvalue weighted by Crippen LogP contribution is -2.16. The van der Waals surface area contributed by atoms with Crippen LogP contribution < -0.4 is 0 Å². The van der Waals surface area contributed by atoms with Crippen molar-refractivity contribution in [1.29, 1.82) is 0 Å². The molecule has 1 unspecified atom stereocenters. The van der Waals surface area contributed by atoms with Crippen LogP contribution in [0.4, 0.5) is 0 Å². The fourth-order valence-electron chi connectivity index (χ4n) is 5.49. The van der Waals surface area contributed by atoms with Crippen molar-refractivity contribution in [2.45, 2.75) is 187 Å². The SMILES string of the molecule is CCCCC=C=C=C/C=C\CCCCCCCCC(CCCCCCCC/C=C\C/C=C\CCCCC)OCCCCN(C)C. The molecular weight excluding hydrogens is 546 g/mol. The zero-order valence-electron chi connectivity index (χ0n) is 30.9. The molecule has 2 heteroatoms. The lowest BCUT2D eigenvalue weighted by molar-refractivity contribution is 0.0353. The maximum Gasteiger partial charge on any atom is 0.0575 e. The summed E-state index contributed by atoms with van der Waals surface area (Å²) in [6, 6.07) is 0. The minimum absolute atomic E-state index is 0.476. The number of hydrogen-bond donors (Lipinski definition) is 0. The third kappa shape index (κ3) is 38.5. The first-order valence-electron chi connectivity index (χ1n) is 19.6. The van der Waals surface area contributed by atoms with Crippen molar-refractivity contribution in [1.82, 2.24) is 4.90 Å². The molecule has 0 aliphatic heterocycles. The summed E-state index contributed by atoms with van der Waals surface area (Å²) in [6.45, 7) is 6.60. The van der Waals surface area contributed by atoms with Crippen LogP contribution in [0, 0.1) is 0 Å². The highest BCUT2D eigenvalue weighted by Crippen LogP contribution is 2.18. The van der Waals surface area contributed by atoms with Gasteiger partial charge in [0.25, 0.3) is 0 Å². The first-order chi connectivity index (χ1) is 22.2. The van der Waals surface area contributed by atoms with E-state index in [9.17, 15) is 0 Å². The van der Waals surface area contributed by atoms with Crippen LogP contribution in [-0.2, 0) is 4.74 Å². The molecule has 0 aromatic carbocycles. The van der Waals surface area contributed by atoms with Crippen molar-refractivity contribution in [3.8, 4) is 0 Å². The van der Waals surface area contributed by atoms with Gasteiger partial charge in [-0.05, 0) is 116 Å². The Morgan fingerprint density at radius 2 is 1.09 bits per heavy atom. The largest absolute Gasteiger partial charge is 0.378 e. The minimum atomic E-state index is 0.476. The Morgan fingerprint density at radius 1 is 0.533 bits per heavy atom. The highest BCUT2D eigenvalue weighted by molar-refractivity contribution is 5.02. The quantitative estimate of drug-likeness (QED) is 0.0306. The molecule has 45 heavy (non-hydrogen) atoms. The topological polar surface area (TPSA) is 12.5 Å². The number of ether oxygens (including phenoxy) is 1. The van der Waals surface area contributed by atoms with Crippen LogP contribution in [0.2, 0.25) is 0 Å². The summed E-state index contributed by atoms with van der Waals surface area (Å²) in [6.07, 6.45) is 52.0. The Morgan fingerprint density at radius 3 is 1.69 bits per heavy atom. The summed E-state index contributed by atoms with van der Waals surface area (Å²) in [4.78, 5) is 2.28. The number of hydrogen-bond acceptors (Lipinski definition) is 2. The lowest BCUT2D eigenvalue weighted by atomic mass is 10.0. The second kappa shape index (κ2) is 38.6. The highest BCUT2D eigenvalue weighted by Gasteiger charge is 2.09. The summed E-state index contributed by atoms with van der Waals surface area (Å²) < 4.78 is 6.42. The molecule has 0 saturated carbocycles. The van der Waals surface area contributed by atoms with E-state index in [0.29, 0.717) is 6.10 Å². The number of rotatable bonds is 34. The summed E-state index contributed by atoms with van der Waals surface area (Å²) in [5, 5.41) is 0. The molecular formula is C43H77NO. The first-order valence-corrected chi connectivity index (χ1v) is 19.6. The van der Waals surface area contributed by atoms with Gasteiger partial charge < -0.3 is 9.64 Å². The van der Waals surface area contributed by atoms with Crippen molar-refractivity contribution >= 4 is 0 Å². The van der Waals surface area contributed by atoms with Crippen LogP contribution in [0.5, 0.6) is 0 Å². The van der Waals surface area contributed by atoms with Crippen LogP contribution in [-0.4, -0.2) is 38.3 Å². The zero-order valence-corrected chi connectivity index (χ0v) is 30.9. The van der Waals surface area contributed by atoms with E-state index in [1.54, 1.807) is 0 Å². The Kier molecular flexibility index (Phi) is 37.3. The average Bonchev–Trinajstić information content (AvgIpc) is 3.03. The van der Waals surface area contributed by atoms with Gasteiger partial charge in [-0.25, -0.2) is 0 Å². The molecule has 0 N–H and O–H groups in total. The average molecular weight is 624 g/mol. The lowest BCUT2D eigenvalue weighted by Gasteiger charge is -2.18. The molecule has 0 aliphatic rings. The Hall–Kier alpha value is -1.56. The monoisotopic (exact) mass is 624 g/mol. The van der Waals surface area contributed by atoms with Gasteiger partial charge >= 0.3 is 0 Å². The highest BCUT2D eigenvalue weighted by atomic mass is 16.5. The van der Waals surface area contributed by atoms with E-state index in [1.165, 1.54) is 161 Å². The second-order valence-electron chi connectivity index (χ2n) is 13.3. The Bertz CT molecular complexity index is 763. The summed E-state index contributed by atoms with van der Waals surface area (Å²) in [5.74, 6) is 0. The van der Waals surface area contributed by atoms with E-state index in [0.717, 1.165) is 19.4 Å². The number of nitrogens with zero attached hydrogens (tertiary/aromatic N) is 1. The van der Waals surface area contributed by atoms with Gasteiger partial charge in [-0.2, -0.15) is 0 Å². The van der Waals surface area contributed by atoms with E-state index < -0.39 is 0 Å². The summed E-state index contributed by atoms with van der Waals surface area (Å²) in [5.41, 5.74) is 6.23. The molecule has 0 aromatic heterocycles. The number of unbranched alkanes of at least 4 members (excludes halogenated alkanes) is 18. The normalized spacial score (nSPS) is 12.5. The maximum atomic E-state index is 6.42. The molecule has 0 aliphatic carbocycles. The molecule has 260 valence electrons. The van der Waals surface area contributed by atoms with Gasteiger partial charge in [0.15, 0.2) is 0 Å². The van der Waals surface area contributed by atoms with Crippen molar-refractivity contribution in [2.75, 3.05) is 27.2 Å². The molecule has 0 rings (SSSR count). The number of allylic oxidation sites excluding steroid dienone is 8. The predicted molar refractivity (Wildman–Crippen MR) is 203 cm³/mol. The standard InChI is InChI=1S/C43H77NO/c1-5-7-9-11-13-15-17-19-21-23-25-27-29-31-33-35-39-43(45-42-38-37-41-44(3)4)40-36-34-32-30-28-26-24-22-20-18-16-14-12-10-8-6-2/h11,14,16-17,19-22,43H,5-10,12,18,23-42H2,1-4H3/b16-14-,17-11?,21-19-,22-20-. The molecule has 0 spiro atoms. The van der Waals surface area contributed by atoms with Gasteiger partial charge in [-0.15, -0.1) is 0 Å². The molecule has 0 saturated heterocycles. The van der Waals surface area contributed by atoms with Crippen molar-refractivity contribution in [3.05, 3.63) is 60.1 Å². The van der Waals surface area contributed by atoms with E-state index in [2.05, 4.69) is 86.8 Å². The van der Waals surface area contributed by atoms with E-state index >= 15 is 0 Å². The Balaban J connectivity index is 3.95. The molecule has 1 atom stereocenters. The summed E-state index contributed by atoms with van der Waals surface area (Å²) in [7, 11) is 4.33. The van der Waals surface area contributed by atoms with Crippen LogP contribution in [0.3, 0.4) is 0 Å². The van der Waals surface area contributed by atoms with Crippen LogP contribution >= 0.6 is 0 Å². The van der Waals surface area contributed by atoms with Gasteiger partial charge in [0.1, 0.15) is 0 Å². The molecule has 0 amide bonds. The van der Waals surface area contributed by atoms with Gasteiger partial charge in [-0.3, -0.25) is 0 Å². The summed E-state index contributed by atoms with van der Waals surface area (Å²) >= 11 is 0. The molecule has 2 nitrogen and oxygen atoms in total. The molecule has 0 radical (unpaired) electrons. The van der Waals surface area contributed by atoms with Crippen molar-refractivity contribution < 1.29 is 4.74 Å². The van der Waals surface area contributed by atoms with E-state index in [4.69, 9.17) is 4.74 Å². The smallest absolute Gasteiger partial charge is 0.0575 e. The van der Waals surface area contributed by atoms with Gasteiger partial charge in [0, 0.05) is 6.61 Å². The van der Waals surface area contributed by atoms with Gasteiger partial charge in [0.2, 0.25) is 0 Å². The fourth-order valence-corrected chi connectivity index (χ4v) is 5.49. The maximum absolute atomic E-state index is 6.42. The van der Waals surface area contributed by atoms with Crippen LogP contribution in [0.15, 0.2) is 60.1 Å². The Labute approximate surface area is 283 Å². The third-order valence-electron chi connectivity index (χ3n) is 8.43. The second-order valence-corrected chi connectivity index (χ2v) is 13.3. The van der Waals surface area contributed by atoms with E-state index in [-0.39, 0.29) is 0 Å². The molecule has 0 heterocycles. The van der Waals surface area contributed by atoms with E-state index in [1.807, 2.05) is 6.08 Å². The van der Waals surface area contributed by atoms with Gasteiger partial charge in [-0.1, -0.05) is 145 Å². The molecule has 0 aromatic rings. The van der Waals surface area contributed by atoms with Gasteiger partial charge in [0.05, 0.1) is 6.10 Å². The first kappa shape index (κ1) is 43.4. The predicted octanol–water partition coefficient (Wildman–Crippen LogP) is 13.7. The molecule has 0 fully saturated rings. The fraction of sp³-hybridized carbons (Fsp3) is 0.767. The molecule has 0 bridgehead atoms. The minimum Gasteiger partial charge on any atom is -0.378 e. The van der Waals surface area contributed by atoms with Crippen LogP contribution in [0.25, 0.3) is 0 Å². The third-order valence-corrected chi connectivity index (χ3v) is 8.43. The van der Waals surface area contributed by atoms with Crippen molar-refractivity contribution in [2.24, 2.45) is 0 Å². The zero-order chi connectivity index (χ0) is 32.7. The van der Waals surface area contributed by atoms with Crippen LogP contribution in [0.1, 0.15) is 181 Å². The van der Waals surface area contributed by atoms with Crippen molar-refractivity contribution in [3.63, 3.8) is 0 Å².